The van der Waals surface area contributed by atoms with Gasteiger partial charge in [0.15, 0.2) is 12.1 Å². The first-order valence-corrected chi connectivity index (χ1v) is 4.52. The summed E-state index contributed by atoms with van der Waals surface area (Å²) in [5.41, 5.74) is -1.56. The van der Waals surface area contributed by atoms with Crippen LogP contribution in [0, 0.1) is 0 Å². The highest BCUT2D eigenvalue weighted by atomic mass is 35.5. The van der Waals surface area contributed by atoms with E-state index in [9.17, 15) is 22.8 Å². The van der Waals surface area contributed by atoms with Crippen molar-refractivity contribution in [3.63, 3.8) is 0 Å². The third kappa shape index (κ3) is 2.41. The molecule has 1 aromatic carbocycles. The summed E-state index contributed by atoms with van der Waals surface area (Å²) in [6.45, 7) is 1.14. The van der Waals surface area contributed by atoms with Gasteiger partial charge in [-0.05, 0) is 19.1 Å². The molecule has 0 radical (unpaired) electrons. The predicted octanol–water partition coefficient (Wildman–Crippen LogP) is 3.37. The number of rotatable bonds is 2. The van der Waals surface area contributed by atoms with Crippen LogP contribution >= 0.6 is 11.6 Å². The summed E-state index contributed by atoms with van der Waals surface area (Å²) in [5, 5.41) is -0.594. The number of ketones is 1. The minimum Gasteiger partial charge on any atom is -0.298 e. The summed E-state index contributed by atoms with van der Waals surface area (Å²) < 4.78 is 37.2. The fourth-order valence-electron chi connectivity index (χ4n) is 1.21. The zero-order chi connectivity index (χ0) is 12.5. The number of hydrogen-bond donors (Lipinski definition) is 0. The molecule has 0 amide bonds. The van der Waals surface area contributed by atoms with Crippen LogP contribution in [0.25, 0.3) is 0 Å². The second kappa shape index (κ2) is 4.25. The van der Waals surface area contributed by atoms with Gasteiger partial charge >= 0.3 is 6.18 Å². The summed E-state index contributed by atoms with van der Waals surface area (Å²) in [7, 11) is 0. The van der Waals surface area contributed by atoms with Crippen molar-refractivity contribution in [3.05, 3.63) is 33.8 Å². The van der Waals surface area contributed by atoms with E-state index in [1.807, 2.05) is 0 Å². The smallest absolute Gasteiger partial charge is 0.298 e. The van der Waals surface area contributed by atoms with Crippen LogP contribution in [0.1, 0.15) is 33.2 Å². The van der Waals surface area contributed by atoms with Crippen LogP contribution in [0.3, 0.4) is 0 Å². The number of carbonyl (C=O) groups is 2. The molecule has 0 heterocycles. The normalized spacial score (nSPS) is 11.3. The maximum atomic E-state index is 12.4. The molecular weight excluding hydrogens is 245 g/mol. The minimum atomic E-state index is -4.65. The second-order valence-electron chi connectivity index (χ2n) is 3.09. The predicted molar refractivity (Wildman–Crippen MR) is 51.8 cm³/mol. The van der Waals surface area contributed by atoms with Crippen molar-refractivity contribution in [1.82, 2.24) is 0 Å². The van der Waals surface area contributed by atoms with Gasteiger partial charge in [0, 0.05) is 11.1 Å². The van der Waals surface area contributed by atoms with Crippen molar-refractivity contribution in [2.24, 2.45) is 0 Å². The summed E-state index contributed by atoms with van der Waals surface area (Å²) in [6, 6.07) is 1.43. The quantitative estimate of drug-likeness (QED) is 0.596. The lowest BCUT2D eigenvalue weighted by Crippen LogP contribution is -2.09. The number of aldehydes is 1. The Bertz CT molecular complexity index is 452. The summed E-state index contributed by atoms with van der Waals surface area (Å²) >= 11 is 5.40. The van der Waals surface area contributed by atoms with Crippen LogP contribution in [0.2, 0.25) is 5.02 Å². The molecule has 0 bridgehead atoms. The minimum absolute atomic E-state index is 0.118. The van der Waals surface area contributed by atoms with Crippen LogP contribution in [0.4, 0.5) is 13.2 Å². The third-order valence-corrected chi connectivity index (χ3v) is 2.26. The molecule has 0 atom stereocenters. The van der Waals surface area contributed by atoms with Gasteiger partial charge in [-0.1, -0.05) is 11.6 Å². The van der Waals surface area contributed by atoms with E-state index in [0.29, 0.717) is 6.07 Å². The summed E-state index contributed by atoms with van der Waals surface area (Å²) in [6.07, 6.45) is -4.45. The zero-order valence-corrected chi connectivity index (χ0v) is 8.82. The van der Waals surface area contributed by atoms with Crippen LogP contribution in [0.5, 0.6) is 0 Å². The van der Waals surface area contributed by atoms with E-state index in [0.717, 1.165) is 13.0 Å². The van der Waals surface area contributed by atoms with Crippen molar-refractivity contribution < 1.29 is 22.8 Å². The van der Waals surface area contributed by atoms with Crippen molar-refractivity contribution in [3.8, 4) is 0 Å². The largest absolute Gasteiger partial charge is 0.417 e. The fraction of sp³-hybridized carbons (Fsp3) is 0.200. The highest BCUT2D eigenvalue weighted by Crippen LogP contribution is 2.36. The Morgan fingerprint density at radius 2 is 1.94 bits per heavy atom. The average Bonchev–Trinajstić information content (AvgIpc) is 2.15. The Balaban J connectivity index is 3.49. The van der Waals surface area contributed by atoms with E-state index in [4.69, 9.17) is 11.6 Å². The number of hydrogen-bond acceptors (Lipinski definition) is 2. The maximum absolute atomic E-state index is 12.4. The van der Waals surface area contributed by atoms with Crippen molar-refractivity contribution in [1.29, 1.82) is 0 Å². The van der Waals surface area contributed by atoms with Gasteiger partial charge in [0.25, 0.3) is 0 Å². The standard InChI is InChI=1S/C10H6ClF3O2/c1-5(16)7-3-9(11)8(10(12,13)14)2-6(7)4-15/h2-4H,1H3. The first-order chi connectivity index (χ1) is 7.27. The lowest BCUT2D eigenvalue weighted by atomic mass is 10.0. The van der Waals surface area contributed by atoms with Gasteiger partial charge in [-0.2, -0.15) is 13.2 Å². The van der Waals surface area contributed by atoms with E-state index >= 15 is 0 Å². The first kappa shape index (κ1) is 12.7. The highest BCUT2D eigenvalue weighted by molar-refractivity contribution is 6.32. The Morgan fingerprint density at radius 1 is 1.38 bits per heavy atom. The molecule has 86 valence electrons. The fourth-order valence-corrected chi connectivity index (χ4v) is 1.48. The van der Waals surface area contributed by atoms with Crippen molar-refractivity contribution in [2.75, 3.05) is 0 Å². The van der Waals surface area contributed by atoms with Gasteiger partial charge in [-0.3, -0.25) is 9.59 Å². The first-order valence-electron chi connectivity index (χ1n) is 4.14. The molecule has 1 aromatic rings. The zero-order valence-electron chi connectivity index (χ0n) is 8.06. The summed E-state index contributed by atoms with van der Waals surface area (Å²) in [4.78, 5) is 21.6. The topological polar surface area (TPSA) is 34.1 Å². The molecule has 0 N–H and O–H groups in total. The molecular formula is C10H6ClF3O2. The van der Waals surface area contributed by atoms with E-state index in [2.05, 4.69) is 0 Å². The molecule has 6 heteroatoms. The van der Waals surface area contributed by atoms with Crippen LogP contribution in [-0.2, 0) is 6.18 Å². The molecule has 0 unspecified atom stereocenters. The molecule has 0 spiro atoms. The monoisotopic (exact) mass is 250 g/mol. The van der Waals surface area contributed by atoms with Gasteiger partial charge < -0.3 is 0 Å². The number of benzene rings is 1. The molecule has 0 aliphatic heterocycles. The van der Waals surface area contributed by atoms with E-state index in [-0.39, 0.29) is 17.4 Å². The number of Topliss-reactive ketones (excluding diaryl/α,β-unsaturated/α-hetero) is 1. The Labute approximate surface area is 94.0 Å². The average molecular weight is 251 g/mol. The van der Waals surface area contributed by atoms with Crippen molar-refractivity contribution in [2.45, 2.75) is 13.1 Å². The van der Waals surface area contributed by atoms with Crippen LogP contribution in [0.15, 0.2) is 12.1 Å². The second-order valence-corrected chi connectivity index (χ2v) is 3.50. The van der Waals surface area contributed by atoms with E-state index < -0.39 is 22.5 Å². The molecule has 0 fully saturated rings. The van der Waals surface area contributed by atoms with Gasteiger partial charge in [0.2, 0.25) is 0 Å². The lowest BCUT2D eigenvalue weighted by Gasteiger charge is -2.11. The highest BCUT2D eigenvalue weighted by Gasteiger charge is 2.34. The van der Waals surface area contributed by atoms with Gasteiger partial charge in [0.05, 0.1) is 10.6 Å². The third-order valence-electron chi connectivity index (χ3n) is 1.95. The number of alkyl halides is 3. The molecule has 0 saturated carbocycles. The SMILES string of the molecule is CC(=O)c1cc(Cl)c(C(F)(F)F)cc1C=O. The Hall–Kier alpha value is -1.36. The summed E-state index contributed by atoms with van der Waals surface area (Å²) in [5.74, 6) is -0.516. The molecule has 0 aromatic heterocycles. The van der Waals surface area contributed by atoms with Crippen LogP contribution in [-0.4, -0.2) is 12.1 Å². The molecule has 0 saturated heterocycles. The van der Waals surface area contributed by atoms with Crippen LogP contribution < -0.4 is 0 Å². The van der Waals surface area contributed by atoms with Crippen molar-refractivity contribution >= 4 is 23.7 Å². The molecule has 2 nitrogen and oxygen atoms in total. The van der Waals surface area contributed by atoms with Gasteiger partial charge in [0.1, 0.15) is 0 Å². The molecule has 0 aliphatic carbocycles. The van der Waals surface area contributed by atoms with Gasteiger partial charge in [-0.15, -0.1) is 0 Å². The van der Waals surface area contributed by atoms with E-state index in [1.165, 1.54) is 0 Å². The lowest BCUT2D eigenvalue weighted by molar-refractivity contribution is -0.137. The molecule has 16 heavy (non-hydrogen) atoms. The Kier molecular flexibility index (Phi) is 3.38. The number of carbonyl (C=O) groups excluding carboxylic acids is 2. The Morgan fingerprint density at radius 3 is 2.31 bits per heavy atom. The van der Waals surface area contributed by atoms with E-state index in [1.54, 1.807) is 0 Å². The maximum Gasteiger partial charge on any atom is 0.417 e. The van der Waals surface area contributed by atoms with Gasteiger partial charge in [-0.25, -0.2) is 0 Å². The molecule has 0 aliphatic rings. The number of halogens is 4. The molecule has 1 rings (SSSR count).